The van der Waals surface area contributed by atoms with Crippen LogP contribution in [0.4, 0.5) is 0 Å². The number of rotatable bonds is 4. The Morgan fingerprint density at radius 1 is 1.45 bits per heavy atom. The fourth-order valence-electron chi connectivity index (χ4n) is 2.47. The molecule has 2 rings (SSSR count). The van der Waals surface area contributed by atoms with Gasteiger partial charge in [-0.3, -0.25) is 9.69 Å². The van der Waals surface area contributed by atoms with Gasteiger partial charge in [-0.25, -0.2) is 0 Å². The van der Waals surface area contributed by atoms with E-state index in [1.54, 1.807) is 11.3 Å². The van der Waals surface area contributed by atoms with Crippen LogP contribution in [0.1, 0.15) is 18.7 Å². The molecule has 2 atom stereocenters. The molecular formula is C14H21BrN2O2S. The van der Waals surface area contributed by atoms with E-state index >= 15 is 0 Å². The van der Waals surface area contributed by atoms with E-state index in [1.165, 1.54) is 4.88 Å². The van der Waals surface area contributed by atoms with Gasteiger partial charge in [0.1, 0.15) is 0 Å². The van der Waals surface area contributed by atoms with E-state index in [0.29, 0.717) is 19.6 Å². The van der Waals surface area contributed by atoms with Crippen LogP contribution in [0.15, 0.2) is 15.9 Å². The monoisotopic (exact) mass is 360 g/mol. The Morgan fingerprint density at radius 2 is 2.10 bits per heavy atom. The zero-order valence-electron chi connectivity index (χ0n) is 12.1. The van der Waals surface area contributed by atoms with Crippen LogP contribution in [0.25, 0.3) is 0 Å². The largest absolute Gasteiger partial charge is 0.372 e. The molecule has 112 valence electrons. The average Bonchev–Trinajstić information content (AvgIpc) is 2.73. The number of hydrogen-bond donors (Lipinski definition) is 0. The van der Waals surface area contributed by atoms with Crippen LogP contribution in [0, 0.1) is 0 Å². The lowest BCUT2D eigenvalue weighted by Gasteiger charge is -2.36. The van der Waals surface area contributed by atoms with Gasteiger partial charge >= 0.3 is 0 Å². The number of morpholine rings is 1. The van der Waals surface area contributed by atoms with E-state index < -0.39 is 0 Å². The highest BCUT2D eigenvalue weighted by Gasteiger charge is 2.26. The quantitative estimate of drug-likeness (QED) is 0.827. The van der Waals surface area contributed by atoms with E-state index in [4.69, 9.17) is 4.74 Å². The molecule has 1 saturated heterocycles. The highest BCUT2D eigenvalue weighted by Crippen LogP contribution is 2.23. The molecule has 1 fully saturated rings. The van der Waals surface area contributed by atoms with Gasteiger partial charge in [-0.15, -0.1) is 11.3 Å². The first kappa shape index (κ1) is 15.9. The summed E-state index contributed by atoms with van der Waals surface area (Å²) in [6.07, 6.45) is 0.252. The molecule has 1 amide bonds. The smallest absolute Gasteiger partial charge is 0.236 e. The van der Waals surface area contributed by atoms with E-state index in [-0.39, 0.29) is 18.1 Å². The molecule has 6 heteroatoms. The highest BCUT2D eigenvalue weighted by molar-refractivity contribution is 9.11. The zero-order valence-corrected chi connectivity index (χ0v) is 14.5. The van der Waals surface area contributed by atoms with Crippen molar-refractivity contribution < 1.29 is 9.53 Å². The average molecular weight is 361 g/mol. The van der Waals surface area contributed by atoms with Crippen molar-refractivity contribution in [2.24, 2.45) is 0 Å². The standard InChI is InChI=1S/C14H21BrN2O2S/c1-10-6-17(7-11(2)19-10)14(18)9-16(3)8-12-4-5-13(15)20-12/h4-5,10-11H,6-9H2,1-3H3. The van der Waals surface area contributed by atoms with Crippen molar-refractivity contribution in [3.8, 4) is 0 Å². The van der Waals surface area contributed by atoms with Gasteiger partial charge in [0.25, 0.3) is 0 Å². The Kier molecular flexibility index (Phi) is 5.60. The van der Waals surface area contributed by atoms with Gasteiger partial charge in [-0.2, -0.15) is 0 Å². The van der Waals surface area contributed by atoms with Crippen LogP contribution in [0.3, 0.4) is 0 Å². The van der Waals surface area contributed by atoms with Crippen LogP contribution >= 0.6 is 27.3 Å². The molecule has 2 heterocycles. The minimum Gasteiger partial charge on any atom is -0.372 e. The Hall–Kier alpha value is -0.430. The van der Waals surface area contributed by atoms with Gasteiger partial charge in [0.15, 0.2) is 0 Å². The van der Waals surface area contributed by atoms with Crippen molar-refractivity contribution in [1.29, 1.82) is 0 Å². The second-order valence-corrected chi connectivity index (χ2v) is 7.98. The van der Waals surface area contributed by atoms with E-state index in [1.807, 2.05) is 31.9 Å². The van der Waals surface area contributed by atoms with Crippen molar-refractivity contribution in [3.63, 3.8) is 0 Å². The van der Waals surface area contributed by atoms with Crippen molar-refractivity contribution in [1.82, 2.24) is 9.80 Å². The third-order valence-corrected chi connectivity index (χ3v) is 4.84. The van der Waals surface area contributed by atoms with Gasteiger partial charge < -0.3 is 9.64 Å². The van der Waals surface area contributed by atoms with E-state index in [2.05, 4.69) is 26.9 Å². The summed E-state index contributed by atoms with van der Waals surface area (Å²) < 4.78 is 6.79. The van der Waals surface area contributed by atoms with Gasteiger partial charge in [-0.05, 0) is 49.0 Å². The molecule has 2 unspecified atom stereocenters. The van der Waals surface area contributed by atoms with Gasteiger partial charge in [0, 0.05) is 24.5 Å². The number of hydrogen-bond acceptors (Lipinski definition) is 4. The lowest BCUT2D eigenvalue weighted by molar-refractivity contribution is -0.144. The highest BCUT2D eigenvalue weighted by atomic mass is 79.9. The maximum absolute atomic E-state index is 12.3. The second kappa shape index (κ2) is 7.02. The summed E-state index contributed by atoms with van der Waals surface area (Å²) in [5, 5.41) is 0. The van der Waals surface area contributed by atoms with E-state index in [9.17, 15) is 4.79 Å². The number of carbonyl (C=O) groups is 1. The summed E-state index contributed by atoms with van der Waals surface area (Å²) in [6, 6.07) is 4.13. The first-order valence-electron chi connectivity index (χ1n) is 6.80. The molecule has 0 radical (unpaired) electrons. The van der Waals surface area contributed by atoms with Crippen LogP contribution in [0.5, 0.6) is 0 Å². The third-order valence-electron chi connectivity index (χ3n) is 3.23. The summed E-state index contributed by atoms with van der Waals surface area (Å²) in [4.78, 5) is 17.6. The molecule has 1 aromatic rings. The Balaban J connectivity index is 1.84. The molecule has 0 aromatic carbocycles. The normalized spacial score (nSPS) is 23.4. The molecule has 0 saturated carbocycles. The Morgan fingerprint density at radius 3 is 2.65 bits per heavy atom. The summed E-state index contributed by atoms with van der Waals surface area (Å²) in [5.41, 5.74) is 0. The van der Waals surface area contributed by atoms with Crippen LogP contribution in [0.2, 0.25) is 0 Å². The van der Waals surface area contributed by atoms with Gasteiger partial charge in [0.2, 0.25) is 5.91 Å². The topological polar surface area (TPSA) is 32.8 Å². The Labute approximate surface area is 132 Å². The maximum Gasteiger partial charge on any atom is 0.236 e. The minimum atomic E-state index is 0.126. The fraction of sp³-hybridized carbons (Fsp3) is 0.643. The molecule has 1 aliphatic rings. The van der Waals surface area contributed by atoms with Crippen molar-refractivity contribution in [3.05, 3.63) is 20.8 Å². The van der Waals surface area contributed by atoms with Crippen molar-refractivity contribution in [2.45, 2.75) is 32.6 Å². The van der Waals surface area contributed by atoms with Crippen LogP contribution in [-0.2, 0) is 16.1 Å². The number of amides is 1. The molecule has 1 aromatic heterocycles. The van der Waals surface area contributed by atoms with Crippen molar-refractivity contribution >= 4 is 33.2 Å². The summed E-state index contributed by atoms with van der Waals surface area (Å²) in [6.45, 7) is 6.68. The SMILES string of the molecule is CC1CN(C(=O)CN(C)Cc2ccc(Br)s2)CC(C)O1. The molecule has 0 aliphatic carbocycles. The number of ether oxygens (including phenoxy) is 1. The Bertz CT molecular complexity index is 456. The van der Waals surface area contributed by atoms with Gasteiger partial charge in [-0.1, -0.05) is 0 Å². The predicted molar refractivity (Wildman–Crippen MR) is 84.9 cm³/mol. The van der Waals surface area contributed by atoms with Crippen LogP contribution < -0.4 is 0 Å². The number of nitrogens with zero attached hydrogens (tertiary/aromatic N) is 2. The zero-order chi connectivity index (χ0) is 14.7. The van der Waals surface area contributed by atoms with E-state index in [0.717, 1.165) is 10.3 Å². The number of carbonyl (C=O) groups excluding carboxylic acids is 1. The number of thiophene rings is 1. The second-order valence-electron chi connectivity index (χ2n) is 5.43. The summed E-state index contributed by atoms with van der Waals surface area (Å²) in [7, 11) is 1.98. The molecule has 0 bridgehead atoms. The van der Waals surface area contributed by atoms with Crippen LogP contribution in [-0.4, -0.2) is 54.6 Å². The third kappa shape index (κ3) is 4.55. The van der Waals surface area contributed by atoms with Gasteiger partial charge in [0.05, 0.1) is 22.5 Å². The molecule has 4 nitrogen and oxygen atoms in total. The maximum atomic E-state index is 12.3. The molecule has 1 aliphatic heterocycles. The molecule has 0 spiro atoms. The summed E-state index contributed by atoms with van der Waals surface area (Å²) in [5.74, 6) is 0.185. The first-order valence-corrected chi connectivity index (χ1v) is 8.41. The predicted octanol–water partition coefficient (Wildman–Crippen LogP) is 2.58. The summed E-state index contributed by atoms with van der Waals surface area (Å²) >= 11 is 5.17. The van der Waals surface area contributed by atoms with Crippen molar-refractivity contribution in [2.75, 3.05) is 26.7 Å². The number of likely N-dealkylation sites (N-methyl/N-ethyl adjacent to an activating group) is 1. The number of halogens is 1. The lowest BCUT2D eigenvalue weighted by Crippen LogP contribution is -2.50. The first-order chi connectivity index (χ1) is 9.44. The minimum absolute atomic E-state index is 0.126. The molecular weight excluding hydrogens is 340 g/mol. The lowest BCUT2D eigenvalue weighted by atomic mass is 10.2. The fourth-order valence-corrected chi connectivity index (χ4v) is 4.03. The molecule has 20 heavy (non-hydrogen) atoms. The molecule has 0 N–H and O–H groups in total.